The van der Waals surface area contributed by atoms with E-state index in [1.165, 1.54) is 4.31 Å². The predicted octanol–water partition coefficient (Wildman–Crippen LogP) is 3.42. The maximum Gasteiger partial charge on any atom is 0.218 e. The summed E-state index contributed by atoms with van der Waals surface area (Å²) in [5.74, 6) is 0.516. The van der Waals surface area contributed by atoms with Gasteiger partial charge < -0.3 is 4.57 Å². The third-order valence-corrected chi connectivity index (χ3v) is 6.33. The second-order valence-corrected chi connectivity index (χ2v) is 8.93. The smallest absolute Gasteiger partial charge is 0.218 e. The molecule has 0 bridgehead atoms. The van der Waals surface area contributed by atoms with Gasteiger partial charge in [-0.1, -0.05) is 35.9 Å². The monoisotopic (exact) mass is 414 g/mol. The van der Waals surface area contributed by atoms with E-state index in [0.29, 0.717) is 28.5 Å². The van der Waals surface area contributed by atoms with Gasteiger partial charge in [0.25, 0.3) is 0 Å². The highest BCUT2D eigenvalue weighted by Gasteiger charge is 2.20. The maximum absolute atomic E-state index is 12.7. The molecule has 0 fully saturated rings. The topological polar surface area (TPSA) is 79.0 Å². The number of sulfonamides is 1. The molecular weight excluding hydrogens is 396 g/mol. The fourth-order valence-electron chi connectivity index (χ4n) is 2.76. The van der Waals surface area contributed by atoms with Gasteiger partial charge in [0.05, 0.1) is 23.9 Å². The van der Waals surface area contributed by atoms with Crippen LogP contribution in [0.1, 0.15) is 22.5 Å². The SMILES string of the molecule is CN(Cc1nccn1Cc1ccc(C#N)cc1)S(=O)(=O)Cc1cccc(Cl)c1. The molecule has 0 aliphatic rings. The zero-order valence-electron chi connectivity index (χ0n) is 15.3. The number of halogens is 1. The van der Waals surface area contributed by atoms with Crippen molar-refractivity contribution in [1.29, 1.82) is 5.26 Å². The molecule has 0 atom stereocenters. The van der Waals surface area contributed by atoms with Gasteiger partial charge in [0, 0.05) is 31.0 Å². The van der Waals surface area contributed by atoms with Crippen molar-refractivity contribution >= 4 is 21.6 Å². The molecule has 0 radical (unpaired) electrons. The highest BCUT2D eigenvalue weighted by atomic mass is 35.5. The minimum absolute atomic E-state index is 0.125. The molecule has 0 amide bonds. The Bertz CT molecular complexity index is 1100. The van der Waals surface area contributed by atoms with Crippen LogP contribution in [0.15, 0.2) is 60.9 Å². The van der Waals surface area contributed by atoms with E-state index < -0.39 is 10.0 Å². The number of aromatic nitrogens is 2. The molecule has 144 valence electrons. The van der Waals surface area contributed by atoms with E-state index in [4.69, 9.17) is 16.9 Å². The van der Waals surface area contributed by atoms with Crippen LogP contribution in [0.5, 0.6) is 0 Å². The van der Waals surface area contributed by atoms with Gasteiger partial charge in [0.1, 0.15) is 5.82 Å². The summed E-state index contributed by atoms with van der Waals surface area (Å²) in [6.45, 7) is 0.704. The molecule has 0 aliphatic carbocycles. The van der Waals surface area contributed by atoms with Crippen molar-refractivity contribution in [1.82, 2.24) is 13.9 Å². The third-order valence-electron chi connectivity index (χ3n) is 4.31. The second-order valence-electron chi connectivity index (χ2n) is 6.42. The molecule has 1 aromatic heterocycles. The normalized spacial score (nSPS) is 11.5. The molecule has 0 saturated carbocycles. The molecule has 6 nitrogen and oxygen atoms in total. The molecule has 3 rings (SSSR count). The van der Waals surface area contributed by atoms with E-state index in [9.17, 15) is 8.42 Å². The van der Waals surface area contributed by atoms with Crippen LogP contribution in [0.25, 0.3) is 0 Å². The van der Waals surface area contributed by atoms with Crippen molar-refractivity contribution in [2.45, 2.75) is 18.8 Å². The molecule has 1 heterocycles. The Kier molecular flexibility index (Phi) is 6.15. The maximum atomic E-state index is 12.7. The quantitative estimate of drug-likeness (QED) is 0.593. The number of hydrogen-bond donors (Lipinski definition) is 0. The number of nitriles is 1. The summed E-state index contributed by atoms with van der Waals surface area (Å²) >= 11 is 5.95. The fourth-order valence-corrected chi connectivity index (χ4v) is 4.11. The van der Waals surface area contributed by atoms with Gasteiger partial charge >= 0.3 is 0 Å². The minimum atomic E-state index is -3.52. The zero-order valence-corrected chi connectivity index (χ0v) is 16.9. The molecular formula is C20H19ClN4O2S. The highest BCUT2D eigenvalue weighted by Crippen LogP contribution is 2.16. The van der Waals surface area contributed by atoms with Gasteiger partial charge in [0.2, 0.25) is 10.0 Å². The lowest BCUT2D eigenvalue weighted by atomic mass is 10.1. The Morgan fingerprint density at radius 2 is 1.93 bits per heavy atom. The highest BCUT2D eigenvalue weighted by molar-refractivity contribution is 7.88. The first-order valence-corrected chi connectivity index (χ1v) is 10.5. The van der Waals surface area contributed by atoms with E-state index in [2.05, 4.69) is 11.1 Å². The van der Waals surface area contributed by atoms with E-state index in [1.807, 2.05) is 22.9 Å². The Balaban J connectivity index is 1.71. The van der Waals surface area contributed by atoms with E-state index in [0.717, 1.165) is 5.56 Å². The third kappa shape index (κ3) is 4.98. The first-order valence-electron chi connectivity index (χ1n) is 8.55. The van der Waals surface area contributed by atoms with Crippen molar-refractivity contribution in [3.05, 3.63) is 88.5 Å². The van der Waals surface area contributed by atoms with Crippen molar-refractivity contribution < 1.29 is 8.42 Å². The van der Waals surface area contributed by atoms with Gasteiger partial charge in [-0.3, -0.25) is 0 Å². The number of imidazole rings is 1. The van der Waals surface area contributed by atoms with Crippen LogP contribution in [0, 0.1) is 11.3 Å². The molecule has 2 aromatic carbocycles. The molecule has 0 aliphatic heterocycles. The molecule has 28 heavy (non-hydrogen) atoms. The number of nitrogens with zero attached hydrogens (tertiary/aromatic N) is 4. The number of hydrogen-bond acceptors (Lipinski definition) is 4. The lowest BCUT2D eigenvalue weighted by molar-refractivity contribution is 0.448. The lowest BCUT2D eigenvalue weighted by Gasteiger charge is -2.18. The summed E-state index contributed by atoms with van der Waals surface area (Å²) in [4.78, 5) is 4.30. The molecule has 0 saturated heterocycles. The Labute approximate surface area is 169 Å². The van der Waals surface area contributed by atoms with Crippen LogP contribution < -0.4 is 0 Å². The lowest BCUT2D eigenvalue weighted by Crippen LogP contribution is -2.29. The van der Waals surface area contributed by atoms with Crippen LogP contribution in [0.2, 0.25) is 5.02 Å². The summed E-state index contributed by atoms with van der Waals surface area (Å²) in [6, 6.07) is 16.2. The van der Waals surface area contributed by atoms with Gasteiger partial charge in [-0.05, 0) is 35.4 Å². The Morgan fingerprint density at radius 3 is 2.61 bits per heavy atom. The molecule has 0 spiro atoms. The number of rotatable bonds is 7. The van der Waals surface area contributed by atoms with Crippen LogP contribution in [-0.2, 0) is 28.9 Å². The molecule has 0 N–H and O–H groups in total. The summed E-state index contributed by atoms with van der Waals surface area (Å²) in [5, 5.41) is 9.40. The van der Waals surface area contributed by atoms with Crippen LogP contribution in [0.4, 0.5) is 0 Å². The molecule has 3 aromatic rings. The van der Waals surface area contributed by atoms with Gasteiger partial charge in [-0.2, -0.15) is 9.57 Å². The van der Waals surface area contributed by atoms with E-state index in [1.54, 1.807) is 49.6 Å². The van der Waals surface area contributed by atoms with Gasteiger partial charge in [0.15, 0.2) is 0 Å². The Morgan fingerprint density at radius 1 is 1.18 bits per heavy atom. The van der Waals surface area contributed by atoms with Crippen molar-refractivity contribution in [2.75, 3.05) is 7.05 Å². The van der Waals surface area contributed by atoms with E-state index in [-0.39, 0.29) is 12.3 Å². The second kappa shape index (κ2) is 8.57. The largest absolute Gasteiger partial charge is 0.329 e. The van der Waals surface area contributed by atoms with Crippen molar-refractivity contribution in [2.24, 2.45) is 0 Å². The molecule has 8 heteroatoms. The van der Waals surface area contributed by atoms with Crippen LogP contribution >= 0.6 is 11.6 Å². The van der Waals surface area contributed by atoms with E-state index >= 15 is 0 Å². The minimum Gasteiger partial charge on any atom is -0.329 e. The summed E-state index contributed by atoms with van der Waals surface area (Å²) < 4.78 is 28.6. The van der Waals surface area contributed by atoms with Crippen molar-refractivity contribution in [3.63, 3.8) is 0 Å². The Hall–Kier alpha value is -2.66. The summed E-state index contributed by atoms with van der Waals surface area (Å²) in [5.41, 5.74) is 2.24. The first-order chi connectivity index (χ1) is 13.4. The average Bonchev–Trinajstić information content (AvgIpc) is 3.08. The fraction of sp³-hybridized carbons (Fsp3) is 0.200. The summed E-state index contributed by atoms with van der Waals surface area (Å²) in [6.07, 6.45) is 3.46. The average molecular weight is 415 g/mol. The summed E-state index contributed by atoms with van der Waals surface area (Å²) in [7, 11) is -1.98. The van der Waals surface area contributed by atoms with Gasteiger partial charge in [-0.15, -0.1) is 0 Å². The predicted molar refractivity (Wildman–Crippen MR) is 108 cm³/mol. The molecule has 0 unspecified atom stereocenters. The zero-order chi connectivity index (χ0) is 20.1. The van der Waals surface area contributed by atoms with Crippen LogP contribution in [-0.4, -0.2) is 29.3 Å². The van der Waals surface area contributed by atoms with Crippen molar-refractivity contribution in [3.8, 4) is 6.07 Å². The van der Waals surface area contributed by atoms with Gasteiger partial charge in [-0.25, -0.2) is 13.4 Å². The first kappa shape index (κ1) is 20.1. The van der Waals surface area contributed by atoms with Crippen LogP contribution in [0.3, 0.4) is 0 Å². The number of benzene rings is 2. The standard InChI is InChI=1S/C20H19ClN4O2S/c1-24(28(26,27)15-18-3-2-4-19(21)11-18)14-20-23-9-10-25(20)13-17-7-5-16(12-22)6-8-17/h2-11H,13-15H2,1H3.